The van der Waals surface area contributed by atoms with Crippen molar-refractivity contribution in [3.8, 4) is 0 Å². The van der Waals surface area contributed by atoms with E-state index in [0.29, 0.717) is 449 Å². The lowest BCUT2D eigenvalue weighted by Gasteiger charge is -2.15. The molecular formula is C94H170N2O41S2. The van der Waals surface area contributed by atoms with E-state index in [1.807, 2.05) is 36.4 Å². The van der Waals surface area contributed by atoms with Crippen LogP contribution in [-0.2, 0) is 195 Å². The summed E-state index contributed by atoms with van der Waals surface area (Å²) in [6.07, 6.45) is 0. The van der Waals surface area contributed by atoms with Gasteiger partial charge in [-0.2, -0.15) is 17.8 Å². The Hall–Kier alpha value is -3.16. The van der Waals surface area contributed by atoms with Gasteiger partial charge in [-0.1, -0.05) is 0 Å². The second kappa shape index (κ2) is 99.5. The highest BCUT2D eigenvalue weighted by Gasteiger charge is 2.44. The summed E-state index contributed by atoms with van der Waals surface area (Å²) in [5, 5.41) is 27.3. The molecule has 0 fully saturated rings. The quantitative estimate of drug-likeness (QED) is 0.0290. The minimum absolute atomic E-state index is 0.144. The van der Waals surface area contributed by atoms with Crippen molar-refractivity contribution in [2.75, 3.05) is 477 Å². The number of nitrogens with zero attached hydrogens (tertiary/aromatic N) is 2. The predicted octanol–water partition coefficient (Wildman–Crippen LogP) is 4.47. The molecule has 0 unspecified atom stereocenters. The van der Waals surface area contributed by atoms with E-state index in [1.165, 1.54) is 17.0 Å². The Balaban J connectivity index is 0.000000836. The van der Waals surface area contributed by atoms with Crippen LogP contribution in [0.3, 0.4) is 0 Å². The maximum atomic E-state index is 10.2. The maximum Gasteiger partial charge on any atom is 0.209 e. The fourth-order valence-corrected chi connectivity index (χ4v) is 13.1. The van der Waals surface area contributed by atoms with Crippen molar-refractivity contribution >= 4 is 46.9 Å². The van der Waals surface area contributed by atoms with Gasteiger partial charge in [0.15, 0.2) is 24.5 Å². The van der Waals surface area contributed by atoms with Crippen LogP contribution >= 0.6 is 24.1 Å². The Morgan fingerprint density at radius 1 is 0.201 bits per heavy atom. The summed E-state index contributed by atoms with van der Waals surface area (Å²) in [7, 11) is 3.29. The molecule has 2 aromatic carbocycles. The number of benzene rings is 2. The van der Waals surface area contributed by atoms with Crippen LogP contribution in [0.25, 0.3) is 0 Å². The van der Waals surface area contributed by atoms with E-state index in [4.69, 9.17) is 166 Å². The van der Waals surface area contributed by atoms with E-state index in [-0.39, 0.29) is 10.8 Å². The van der Waals surface area contributed by atoms with Gasteiger partial charge in [0.2, 0.25) is 11.4 Å². The van der Waals surface area contributed by atoms with Gasteiger partial charge in [0.1, 0.15) is 13.2 Å². The van der Waals surface area contributed by atoms with E-state index in [0.717, 1.165) is 63.9 Å². The molecule has 0 aliphatic carbocycles. The zero-order valence-corrected chi connectivity index (χ0v) is 86.0. The molecule has 4 rings (SSSR count). The van der Waals surface area contributed by atoms with Gasteiger partial charge >= 0.3 is 0 Å². The summed E-state index contributed by atoms with van der Waals surface area (Å²) in [4.78, 5) is 1.61. The largest absolute Gasteiger partial charge is 0.691 e. The van der Waals surface area contributed by atoms with Crippen molar-refractivity contribution in [3.63, 3.8) is 0 Å². The Morgan fingerprint density at radius 3 is 0.460 bits per heavy atom. The van der Waals surface area contributed by atoms with Crippen LogP contribution in [0, 0.1) is 0 Å². The molecule has 0 saturated heterocycles. The molecule has 0 N–H and O–H groups in total. The highest BCUT2D eigenvalue weighted by molar-refractivity contribution is 7.94. The molecule has 45 heteroatoms. The average molecular weight is 2050 g/mol. The first-order valence-electron chi connectivity index (χ1n) is 48.4. The lowest BCUT2D eigenvalue weighted by atomic mass is 9.82. The lowest BCUT2D eigenvalue weighted by molar-refractivity contribution is -0.777. The molecule has 2 aliphatic heterocycles. The van der Waals surface area contributed by atoms with Crippen LogP contribution in [0.15, 0.2) is 46.2 Å². The molecule has 2 heterocycles. The van der Waals surface area contributed by atoms with Gasteiger partial charge < -0.3 is 176 Å². The highest BCUT2D eigenvalue weighted by atomic mass is 32.2. The Labute approximate surface area is 833 Å². The van der Waals surface area contributed by atoms with E-state index in [1.54, 1.807) is 14.2 Å². The monoisotopic (exact) mass is 2050 g/mol. The first kappa shape index (κ1) is 130. The number of hydrogen-bond donors (Lipinski definition) is 0. The van der Waals surface area contributed by atoms with Gasteiger partial charge in [-0.25, -0.2) is 0 Å². The van der Waals surface area contributed by atoms with Crippen LogP contribution in [0.5, 0.6) is 0 Å². The number of methoxy groups -OCH3 is 2. The smallest absolute Gasteiger partial charge is 0.209 e. The fraction of sp³-hybridized carbons (Fsp3) is 0.851. The molecule has 2 aromatic rings. The standard InChI is InChI=1S/C60H111NO27S.C34H59NO14S/c1-56-60(2,3)58-55-57(89-88-87-62)5-6-59(58)61(56)7-8-64-11-12-66-15-16-68-19-20-70-23-24-72-27-28-74-31-32-76-35-36-78-39-40-80-43-44-82-47-48-84-51-52-86-54-53-85-50-49-83-46-45-81-42-41-79-38-37-77-34-33-75-30-29-73-26-25-71-22-21-69-18-17-67-14-13-65-10-9-63-4;1-30-34(2,3)32-29-31(50-49-48-36)5-6-33(32)35(30)7-8-38-11-12-40-15-16-42-19-20-44-23-24-46-27-28-47-26-25-45-22-21-43-18-17-41-14-13-39-10-9-37-4/h5-6,55H,7-54H2,1-4H3;5-6,29H,7-28H2,1-4H3. The summed E-state index contributed by atoms with van der Waals surface area (Å²) in [6, 6.07) is 11.9. The summed E-state index contributed by atoms with van der Waals surface area (Å²) >= 11 is 1.80. The fourth-order valence-electron chi connectivity index (χ4n) is 12.3. The van der Waals surface area contributed by atoms with E-state index < -0.39 is 0 Å². The molecule has 0 bridgehead atoms. The van der Waals surface area contributed by atoms with Crippen LogP contribution in [0.1, 0.15) is 52.7 Å². The molecule has 0 amide bonds. The van der Waals surface area contributed by atoms with Crippen molar-refractivity contribution in [2.24, 2.45) is 0 Å². The van der Waals surface area contributed by atoms with Crippen molar-refractivity contribution in [1.82, 2.24) is 0 Å². The zero-order chi connectivity index (χ0) is 99.5. The Kier molecular flexibility index (Phi) is 93.0. The number of hydrogen-bond acceptors (Lipinski definition) is 43. The molecule has 139 heavy (non-hydrogen) atoms. The molecule has 0 saturated carbocycles. The van der Waals surface area contributed by atoms with E-state index in [9.17, 15) is 10.5 Å². The van der Waals surface area contributed by atoms with Crippen molar-refractivity contribution in [2.45, 2.75) is 62.2 Å². The van der Waals surface area contributed by atoms with Gasteiger partial charge in [-0.15, -0.1) is 0 Å². The number of rotatable bonds is 111. The lowest BCUT2D eigenvalue weighted by Crippen LogP contribution is -2.27. The third kappa shape index (κ3) is 75.2. The SMILES string of the molecule is COCCOCCOCCOCCOCCOCCOCCOCCOCCOCCOCCOCCOCCOCCOCCOCCOCCOCCOCCOCCOCCOCCOCCOCC[N+]1=C(C)C(C)(C)c2cc(SOO[O-])ccc21.COCCOCCOCCOCCOCCOCCOCCOCCOCCOCCOCC[N+]1=C(C)C(C)(C)c2cc(SOO[O-])ccc21. The molecule has 2 aliphatic rings. The van der Waals surface area contributed by atoms with Crippen LogP contribution < -0.4 is 10.5 Å². The Morgan fingerprint density at radius 2 is 0.331 bits per heavy atom. The minimum Gasteiger partial charge on any atom is -0.691 e. The first-order valence-corrected chi connectivity index (χ1v) is 49.8. The van der Waals surface area contributed by atoms with Gasteiger partial charge in [-0.05, 0) is 52.0 Å². The van der Waals surface area contributed by atoms with Gasteiger partial charge in [0.25, 0.3) is 0 Å². The molecule has 814 valence electrons. The van der Waals surface area contributed by atoms with Crippen LogP contribution in [-0.4, -0.2) is 497 Å². The molecule has 0 atom stereocenters. The second-order valence-corrected chi connectivity index (χ2v) is 32.3. The summed E-state index contributed by atoms with van der Waals surface area (Å²) in [5.74, 6) is 0. The Bertz CT molecular complexity index is 3050. The molecular weight excluding hydrogens is 1880 g/mol. The normalized spacial score (nSPS) is 13.3. The topological polar surface area (TPSA) is 412 Å². The predicted molar refractivity (Wildman–Crippen MR) is 507 cm³/mol. The molecule has 0 aromatic heterocycles. The maximum absolute atomic E-state index is 10.2. The van der Waals surface area contributed by atoms with Gasteiger partial charge in [0.05, 0.1) is 471 Å². The molecule has 0 radical (unpaired) electrons. The zero-order valence-electron chi connectivity index (χ0n) is 84.4. The van der Waals surface area contributed by atoms with Crippen LogP contribution in [0.2, 0.25) is 0 Å². The third-order valence-corrected chi connectivity index (χ3v) is 21.3. The average Bonchev–Trinajstić information content (AvgIpc) is 1.60. The molecule has 0 spiro atoms. The van der Waals surface area contributed by atoms with E-state index >= 15 is 0 Å². The van der Waals surface area contributed by atoms with Crippen molar-refractivity contribution < 1.29 is 204 Å². The van der Waals surface area contributed by atoms with Crippen molar-refractivity contribution in [3.05, 3.63) is 47.5 Å². The first-order chi connectivity index (χ1) is 68.5. The second-order valence-electron chi connectivity index (χ2n) is 30.7. The summed E-state index contributed by atoms with van der Waals surface area (Å²) in [5.41, 5.74) is 6.75. The summed E-state index contributed by atoms with van der Waals surface area (Å²) in [6.45, 7) is 48.7. The van der Waals surface area contributed by atoms with Crippen molar-refractivity contribution in [1.29, 1.82) is 0 Å². The van der Waals surface area contributed by atoms with Gasteiger partial charge in [0, 0.05) is 61.1 Å². The van der Waals surface area contributed by atoms with Gasteiger partial charge in [-0.3, -0.25) is 10.1 Å². The summed E-state index contributed by atoms with van der Waals surface area (Å²) < 4.78 is 206. The third-order valence-electron chi connectivity index (χ3n) is 20.1. The number of ether oxygens (including phenoxy) is 35. The minimum atomic E-state index is -0.157. The highest BCUT2D eigenvalue weighted by Crippen LogP contribution is 2.43. The number of fused-ring (bicyclic) bond motifs is 2. The van der Waals surface area contributed by atoms with Crippen LogP contribution in [0.4, 0.5) is 11.4 Å². The molecule has 43 nitrogen and oxygen atoms in total. The van der Waals surface area contributed by atoms with E-state index in [2.05, 4.69) is 69.4 Å².